The maximum absolute atomic E-state index is 12.4. The van der Waals surface area contributed by atoms with Crippen LogP contribution < -0.4 is 19.5 Å². The number of ketones is 1. The van der Waals surface area contributed by atoms with Crippen LogP contribution in [-0.2, 0) is 11.2 Å². The number of carbonyl (C=O) groups is 2. The molecule has 1 amide bonds. The fourth-order valence-electron chi connectivity index (χ4n) is 4.02. The number of fused-ring (bicyclic) bond motifs is 1. The molecule has 2 aromatic rings. The molecule has 1 N–H and O–H groups in total. The van der Waals surface area contributed by atoms with E-state index in [4.69, 9.17) is 14.2 Å². The van der Waals surface area contributed by atoms with Crippen LogP contribution in [0.25, 0.3) is 0 Å². The summed E-state index contributed by atoms with van der Waals surface area (Å²) in [6.07, 6.45) is 1.16. The van der Waals surface area contributed by atoms with Crippen LogP contribution in [0.5, 0.6) is 17.2 Å². The lowest BCUT2D eigenvalue weighted by atomic mass is 9.97. The molecule has 1 aliphatic rings. The predicted molar refractivity (Wildman–Crippen MR) is 120 cm³/mol. The summed E-state index contributed by atoms with van der Waals surface area (Å²) in [5, 5.41) is 2.87. The normalized spacial score (nSPS) is 14.8. The monoisotopic (exact) mass is 425 g/mol. The molecule has 0 spiro atoms. The van der Waals surface area contributed by atoms with Gasteiger partial charge in [0.1, 0.15) is 5.75 Å². The third kappa shape index (κ3) is 5.37. The van der Waals surface area contributed by atoms with Gasteiger partial charge in [-0.2, -0.15) is 0 Å². The van der Waals surface area contributed by atoms with Gasteiger partial charge in [0.2, 0.25) is 0 Å². The molecular formula is C25H31NO5. The summed E-state index contributed by atoms with van der Waals surface area (Å²) in [6, 6.07) is 9.54. The van der Waals surface area contributed by atoms with Crippen molar-refractivity contribution in [3.63, 3.8) is 0 Å². The second-order valence-corrected chi connectivity index (χ2v) is 7.73. The quantitative estimate of drug-likeness (QED) is 0.617. The highest BCUT2D eigenvalue weighted by Crippen LogP contribution is 2.40. The van der Waals surface area contributed by atoms with E-state index in [2.05, 4.69) is 5.32 Å². The molecule has 0 fully saturated rings. The molecular weight excluding hydrogens is 394 g/mol. The Labute approximate surface area is 183 Å². The Morgan fingerprint density at radius 2 is 1.74 bits per heavy atom. The van der Waals surface area contributed by atoms with Gasteiger partial charge in [0, 0.05) is 13.0 Å². The fourth-order valence-corrected chi connectivity index (χ4v) is 4.02. The first-order valence-electron chi connectivity index (χ1n) is 10.9. The third-order valence-corrected chi connectivity index (χ3v) is 5.39. The molecule has 3 rings (SSSR count). The first-order chi connectivity index (χ1) is 14.9. The van der Waals surface area contributed by atoms with Gasteiger partial charge in [0.15, 0.2) is 23.9 Å². The highest BCUT2D eigenvalue weighted by atomic mass is 16.5. The SMILES string of the molecule is CCOc1ccc(CCNC(=O)COc2ccc(C)c3c2C(=O)CC3C)cc1OCC. The van der Waals surface area contributed by atoms with E-state index in [9.17, 15) is 9.59 Å². The van der Waals surface area contributed by atoms with E-state index in [0.29, 0.717) is 49.7 Å². The second kappa shape index (κ2) is 10.3. The average molecular weight is 426 g/mol. The number of rotatable bonds is 10. The first-order valence-corrected chi connectivity index (χ1v) is 10.9. The molecule has 1 aliphatic carbocycles. The van der Waals surface area contributed by atoms with Gasteiger partial charge in [-0.3, -0.25) is 9.59 Å². The summed E-state index contributed by atoms with van der Waals surface area (Å²) in [4.78, 5) is 24.6. The summed E-state index contributed by atoms with van der Waals surface area (Å²) >= 11 is 0. The van der Waals surface area contributed by atoms with Crippen molar-refractivity contribution in [1.82, 2.24) is 5.32 Å². The fraction of sp³-hybridized carbons (Fsp3) is 0.440. The predicted octanol–water partition coefficient (Wildman–Crippen LogP) is 4.22. The van der Waals surface area contributed by atoms with Crippen molar-refractivity contribution in [1.29, 1.82) is 0 Å². The third-order valence-electron chi connectivity index (χ3n) is 5.39. The maximum Gasteiger partial charge on any atom is 0.257 e. The van der Waals surface area contributed by atoms with E-state index in [0.717, 1.165) is 22.4 Å². The van der Waals surface area contributed by atoms with Crippen LogP contribution in [0.15, 0.2) is 30.3 Å². The second-order valence-electron chi connectivity index (χ2n) is 7.73. The van der Waals surface area contributed by atoms with Crippen LogP contribution in [0.3, 0.4) is 0 Å². The summed E-state index contributed by atoms with van der Waals surface area (Å²) in [7, 11) is 0. The molecule has 1 unspecified atom stereocenters. The number of ether oxygens (including phenoxy) is 3. The largest absolute Gasteiger partial charge is 0.490 e. The summed E-state index contributed by atoms with van der Waals surface area (Å²) in [6.45, 7) is 9.40. The highest BCUT2D eigenvalue weighted by molar-refractivity contribution is 6.04. The average Bonchev–Trinajstić information content (AvgIpc) is 3.05. The van der Waals surface area contributed by atoms with Crippen LogP contribution in [0.4, 0.5) is 0 Å². The minimum atomic E-state index is -0.219. The Morgan fingerprint density at radius 3 is 2.48 bits per heavy atom. The van der Waals surface area contributed by atoms with Gasteiger partial charge in [-0.05, 0) is 68.0 Å². The Balaban J connectivity index is 1.53. The molecule has 0 saturated carbocycles. The zero-order chi connectivity index (χ0) is 22.4. The van der Waals surface area contributed by atoms with Crippen molar-refractivity contribution in [3.05, 3.63) is 52.6 Å². The van der Waals surface area contributed by atoms with Crippen molar-refractivity contribution < 1.29 is 23.8 Å². The number of Topliss-reactive ketones (excluding diaryl/α,β-unsaturated/α-hetero) is 1. The lowest BCUT2D eigenvalue weighted by molar-refractivity contribution is -0.123. The van der Waals surface area contributed by atoms with Crippen LogP contribution >= 0.6 is 0 Å². The zero-order valence-electron chi connectivity index (χ0n) is 18.7. The van der Waals surface area contributed by atoms with Gasteiger partial charge in [0.25, 0.3) is 5.91 Å². The molecule has 31 heavy (non-hydrogen) atoms. The van der Waals surface area contributed by atoms with Crippen molar-refractivity contribution in [2.45, 2.75) is 46.5 Å². The molecule has 0 aliphatic heterocycles. The summed E-state index contributed by atoms with van der Waals surface area (Å²) in [5.41, 5.74) is 3.82. The lowest BCUT2D eigenvalue weighted by Crippen LogP contribution is -2.30. The number of hydrogen-bond acceptors (Lipinski definition) is 5. The minimum Gasteiger partial charge on any atom is -0.490 e. The van der Waals surface area contributed by atoms with Gasteiger partial charge in [-0.25, -0.2) is 0 Å². The van der Waals surface area contributed by atoms with Crippen molar-refractivity contribution >= 4 is 11.7 Å². The molecule has 1 atom stereocenters. The van der Waals surface area contributed by atoms with E-state index in [1.54, 1.807) is 6.07 Å². The highest BCUT2D eigenvalue weighted by Gasteiger charge is 2.31. The number of nitrogens with one attached hydrogen (secondary N) is 1. The van der Waals surface area contributed by atoms with Gasteiger partial charge < -0.3 is 19.5 Å². The van der Waals surface area contributed by atoms with Crippen LogP contribution in [0.2, 0.25) is 0 Å². The zero-order valence-corrected chi connectivity index (χ0v) is 18.7. The molecule has 0 aromatic heterocycles. The number of carbonyl (C=O) groups excluding carboxylic acids is 2. The van der Waals surface area contributed by atoms with Crippen molar-refractivity contribution in [3.8, 4) is 17.2 Å². The van der Waals surface area contributed by atoms with Crippen LogP contribution in [0.1, 0.15) is 60.2 Å². The molecule has 166 valence electrons. The van der Waals surface area contributed by atoms with E-state index in [-0.39, 0.29) is 24.2 Å². The summed E-state index contributed by atoms with van der Waals surface area (Å²) in [5.74, 6) is 1.99. The molecule has 0 heterocycles. The molecule has 6 nitrogen and oxygen atoms in total. The lowest BCUT2D eigenvalue weighted by Gasteiger charge is -2.14. The first kappa shape index (κ1) is 22.7. The standard InChI is InChI=1S/C25H31NO5/c1-5-29-20-10-8-18(14-22(20)30-6-2)11-12-26-23(28)15-31-21-9-7-16(3)24-17(4)13-19(27)25(21)24/h7-10,14,17H,5-6,11-13,15H2,1-4H3,(H,26,28). The number of amides is 1. The van der Waals surface area contributed by atoms with E-state index >= 15 is 0 Å². The number of hydrogen-bond donors (Lipinski definition) is 1. The summed E-state index contributed by atoms with van der Waals surface area (Å²) < 4.78 is 16.9. The van der Waals surface area contributed by atoms with Gasteiger partial charge >= 0.3 is 0 Å². The van der Waals surface area contributed by atoms with Crippen LogP contribution in [0, 0.1) is 6.92 Å². The molecule has 0 bridgehead atoms. The van der Waals surface area contributed by atoms with Crippen molar-refractivity contribution in [2.24, 2.45) is 0 Å². The molecule has 6 heteroatoms. The Hall–Kier alpha value is -3.02. The Kier molecular flexibility index (Phi) is 7.55. The smallest absolute Gasteiger partial charge is 0.257 e. The number of benzene rings is 2. The van der Waals surface area contributed by atoms with E-state index in [1.807, 2.05) is 52.0 Å². The van der Waals surface area contributed by atoms with Gasteiger partial charge in [-0.15, -0.1) is 0 Å². The molecule has 2 aromatic carbocycles. The maximum atomic E-state index is 12.4. The van der Waals surface area contributed by atoms with E-state index in [1.165, 1.54) is 0 Å². The minimum absolute atomic E-state index is 0.0854. The molecule has 0 radical (unpaired) electrons. The van der Waals surface area contributed by atoms with Crippen molar-refractivity contribution in [2.75, 3.05) is 26.4 Å². The van der Waals surface area contributed by atoms with Crippen LogP contribution in [-0.4, -0.2) is 38.1 Å². The Morgan fingerprint density at radius 1 is 1.03 bits per heavy atom. The van der Waals surface area contributed by atoms with Gasteiger partial charge in [-0.1, -0.05) is 19.1 Å². The number of aryl methyl sites for hydroxylation is 1. The van der Waals surface area contributed by atoms with E-state index < -0.39 is 0 Å². The Bertz CT molecular complexity index is 953. The molecule has 0 saturated heterocycles. The topological polar surface area (TPSA) is 73.9 Å². The van der Waals surface area contributed by atoms with Gasteiger partial charge in [0.05, 0.1) is 18.8 Å².